The Hall–Kier alpha value is -3.06. The van der Waals surface area contributed by atoms with Crippen LogP contribution in [0.4, 0.5) is 5.69 Å². The third-order valence-corrected chi connectivity index (χ3v) is 5.51. The van der Waals surface area contributed by atoms with Crippen LogP contribution in [0.15, 0.2) is 60.0 Å². The summed E-state index contributed by atoms with van der Waals surface area (Å²) in [7, 11) is 0. The number of anilines is 1. The Kier molecular flexibility index (Phi) is 7.30. The SMILES string of the molecule is CCc1ccccc1NC(=O)CNC(=O)CSc1nccn1-c1cc(C)cc(C)c1. The van der Waals surface area contributed by atoms with Crippen LogP contribution in [0, 0.1) is 13.8 Å². The van der Waals surface area contributed by atoms with Gasteiger partial charge in [-0.25, -0.2) is 4.98 Å². The second-order valence-electron chi connectivity index (χ2n) is 7.05. The predicted octanol–water partition coefficient (Wildman–Crippen LogP) is 3.90. The van der Waals surface area contributed by atoms with Gasteiger partial charge in [-0.3, -0.25) is 14.2 Å². The van der Waals surface area contributed by atoms with Crippen LogP contribution in [-0.4, -0.2) is 33.7 Å². The fourth-order valence-electron chi connectivity index (χ4n) is 3.19. The molecule has 0 atom stereocenters. The number of nitrogens with zero attached hydrogens (tertiary/aromatic N) is 2. The van der Waals surface area contributed by atoms with Crippen LogP contribution in [0.3, 0.4) is 0 Å². The van der Waals surface area contributed by atoms with Gasteiger partial charge >= 0.3 is 0 Å². The zero-order valence-electron chi connectivity index (χ0n) is 17.4. The maximum atomic E-state index is 12.2. The molecular weight excluding hydrogens is 396 g/mol. The molecular formula is C23H26N4O2S. The van der Waals surface area contributed by atoms with Crippen molar-refractivity contribution in [3.05, 3.63) is 71.5 Å². The number of rotatable bonds is 8. The quantitative estimate of drug-likeness (QED) is 0.540. The molecule has 0 saturated carbocycles. The highest BCUT2D eigenvalue weighted by Gasteiger charge is 2.11. The molecule has 156 valence electrons. The average Bonchev–Trinajstić information content (AvgIpc) is 3.19. The van der Waals surface area contributed by atoms with E-state index in [1.807, 2.05) is 42.0 Å². The molecule has 1 heterocycles. The Balaban J connectivity index is 1.52. The maximum absolute atomic E-state index is 12.2. The van der Waals surface area contributed by atoms with E-state index in [0.717, 1.165) is 28.5 Å². The first-order valence-electron chi connectivity index (χ1n) is 9.85. The number of benzene rings is 2. The van der Waals surface area contributed by atoms with Crippen LogP contribution in [0.1, 0.15) is 23.6 Å². The van der Waals surface area contributed by atoms with Crippen LogP contribution in [-0.2, 0) is 16.0 Å². The number of para-hydroxylation sites is 1. The minimum absolute atomic E-state index is 0.0665. The van der Waals surface area contributed by atoms with Gasteiger partial charge < -0.3 is 10.6 Å². The summed E-state index contributed by atoms with van der Waals surface area (Å²) in [6, 6.07) is 13.9. The lowest BCUT2D eigenvalue weighted by molar-refractivity contribution is -0.122. The lowest BCUT2D eigenvalue weighted by atomic mass is 10.1. The van der Waals surface area contributed by atoms with Gasteiger partial charge in [-0.15, -0.1) is 0 Å². The highest BCUT2D eigenvalue weighted by Crippen LogP contribution is 2.22. The van der Waals surface area contributed by atoms with Gasteiger partial charge in [0.1, 0.15) is 0 Å². The third kappa shape index (κ3) is 5.73. The molecule has 2 N–H and O–H groups in total. The molecule has 0 unspecified atom stereocenters. The van der Waals surface area contributed by atoms with Crippen molar-refractivity contribution in [2.24, 2.45) is 0 Å². The summed E-state index contributed by atoms with van der Waals surface area (Å²) in [6.07, 6.45) is 4.43. The van der Waals surface area contributed by atoms with Crippen molar-refractivity contribution in [2.45, 2.75) is 32.3 Å². The molecule has 0 aliphatic carbocycles. The zero-order valence-corrected chi connectivity index (χ0v) is 18.3. The molecule has 6 nitrogen and oxygen atoms in total. The molecule has 3 aromatic rings. The van der Waals surface area contributed by atoms with E-state index >= 15 is 0 Å². The molecule has 2 aromatic carbocycles. The number of hydrogen-bond acceptors (Lipinski definition) is 4. The van der Waals surface area contributed by atoms with E-state index in [0.29, 0.717) is 0 Å². The molecule has 0 bridgehead atoms. The van der Waals surface area contributed by atoms with Gasteiger partial charge in [0.2, 0.25) is 11.8 Å². The van der Waals surface area contributed by atoms with Gasteiger partial charge in [0, 0.05) is 23.8 Å². The van der Waals surface area contributed by atoms with Crippen molar-refractivity contribution < 1.29 is 9.59 Å². The number of carbonyl (C=O) groups excluding carboxylic acids is 2. The first kappa shape index (κ1) is 21.6. The predicted molar refractivity (Wildman–Crippen MR) is 121 cm³/mol. The summed E-state index contributed by atoms with van der Waals surface area (Å²) in [4.78, 5) is 28.8. The molecule has 7 heteroatoms. The van der Waals surface area contributed by atoms with Gasteiger partial charge in [-0.1, -0.05) is 43.0 Å². The number of nitrogens with one attached hydrogen (secondary N) is 2. The largest absolute Gasteiger partial charge is 0.346 e. The van der Waals surface area contributed by atoms with Crippen molar-refractivity contribution in [3.63, 3.8) is 0 Å². The summed E-state index contributed by atoms with van der Waals surface area (Å²) in [5, 5.41) is 6.25. The van der Waals surface area contributed by atoms with Gasteiger partial charge in [-0.2, -0.15) is 0 Å². The number of amides is 2. The van der Waals surface area contributed by atoms with E-state index in [2.05, 4.69) is 47.7 Å². The molecule has 0 spiro atoms. The Morgan fingerprint density at radius 3 is 2.53 bits per heavy atom. The fourth-order valence-corrected chi connectivity index (χ4v) is 3.99. The van der Waals surface area contributed by atoms with Crippen LogP contribution in [0.25, 0.3) is 5.69 Å². The van der Waals surface area contributed by atoms with Crippen molar-refractivity contribution in [1.29, 1.82) is 0 Å². The Bertz CT molecular complexity index is 1020. The van der Waals surface area contributed by atoms with E-state index in [9.17, 15) is 9.59 Å². The number of hydrogen-bond donors (Lipinski definition) is 2. The summed E-state index contributed by atoms with van der Waals surface area (Å²) in [5.41, 5.74) is 5.20. The van der Waals surface area contributed by atoms with Crippen molar-refractivity contribution in [1.82, 2.24) is 14.9 Å². The highest BCUT2D eigenvalue weighted by atomic mass is 32.2. The van der Waals surface area contributed by atoms with E-state index in [-0.39, 0.29) is 24.1 Å². The van der Waals surface area contributed by atoms with Gasteiger partial charge in [0.15, 0.2) is 5.16 Å². The molecule has 30 heavy (non-hydrogen) atoms. The van der Waals surface area contributed by atoms with Gasteiger partial charge in [0.25, 0.3) is 0 Å². The molecule has 0 aliphatic rings. The molecule has 0 aliphatic heterocycles. The zero-order chi connectivity index (χ0) is 21.5. The monoisotopic (exact) mass is 422 g/mol. The number of carbonyl (C=O) groups is 2. The molecule has 1 aromatic heterocycles. The molecule has 2 amide bonds. The molecule has 3 rings (SSSR count). The minimum Gasteiger partial charge on any atom is -0.346 e. The van der Waals surface area contributed by atoms with Crippen LogP contribution in [0.2, 0.25) is 0 Å². The van der Waals surface area contributed by atoms with Gasteiger partial charge in [-0.05, 0) is 55.2 Å². The number of thioether (sulfide) groups is 1. The van der Waals surface area contributed by atoms with Gasteiger partial charge in [0.05, 0.1) is 12.3 Å². The number of imidazole rings is 1. The maximum Gasteiger partial charge on any atom is 0.243 e. The third-order valence-electron chi connectivity index (χ3n) is 4.54. The normalized spacial score (nSPS) is 10.6. The minimum atomic E-state index is -0.244. The van der Waals surface area contributed by atoms with Crippen LogP contribution < -0.4 is 10.6 Å². The summed E-state index contributed by atoms with van der Waals surface area (Å²) in [6.45, 7) is 6.07. The van der Waals surface area contributed by atoms with E-state index in [1.165, 1.54) is 22.9 Å². The summed E-state index contributed by atoms with van der Waals surface area (Å²) < 4.78 is 1.96. The average molecular weight is 423 g/mol. The second-order valence-corrected chi connectivity index (χ2v) is 7.99. The first-order chi connectivity index (χ1) is 14.5. The first-order valence-corrected chi connectivity index (χ1v) is 10.8. The lowest BCUT2D eigenvalue weighted by Gasteiger charge is -2.11. The lowest BCUT2D eigenvalue weighted by Crippen LogP contribution is -2.34. The molecule has 0 radical (unpaired) electrons. The number of aryl methyl sites for hydroxylation is 3. The van der Waals surface area contributed by atoms with Crippen molar-refractivity contribution in [3.8, 4) is 5.69 Å². The Morgan fingerprint density at radius 1 is 1.07 bits per heavy atom. The smallest absolute Gasteiger partial charge is 0.243 e. The van der Waals surface area contributed by atoms with E-state index in [4.69, 9.17) is 0 Å². The highest BCUT2D eigenvalue weighted by molar-refractivity contribution is 7.99. The van der Waals surface area contributed by atoms with E-state index < -0.39 is 0 Å². The van der Waals surface area contributed by atoms with Crippen molar-refractivity contribution in [2.75, 3.05) is 17.6 Å². The Labute approximate surface area is 181 Å². The fraction of sp³-hybridized carbons (Fsp3) is 0.261. The summed E-state index contributed by atoms with van der Waals surface area (Å²) in [5.74, 6) is -0.277. The van der Waals surface area contributed by atoms with Crippen LogP contribution in [0.5, 0.6) is 0 Å². The second kappa shape index (κ2) is 10.1. The number of aromatic nitrogens is 2. The van der Waals surface area contributed by atoms with Crippen molar-refractivity contribution >= 4 is 29.3 Å². The van der Waals surface area contributed by atoms with E-state index in [1.54, 1.807) is 6.20 Å². The molecule has 0 saturated heterocycles. The topological polar surface area (TPSA) is 76.0 Å². The summed E-state index contributed by atoms with van der Waals surface area (Å²) >= 11 is 1.34. The van der Waals surface area contributed by atoms with Crippen LogP contribution >= 0.6 is 11.8 Å². The standard InChI is InChI=1S/C23H26N4O2S/c1-4-18-7-5-6-8-20(18)26-21(28)14-25-22(29)15-30-23-24-9-10-27(23)19-12-16(2)11-17(3)13-19/h5-13H,4,14-15H2,1-3H3,(H,25,29)(H,26,28). The Morgan fingerprint density at radius 2 is 1.80 bits per heavy atom. The molecule has 0 fully saturated rings.